The molecule has 0 radical (unpaired) electrons. The van der Waals surface area contributed by atoms with Gasteiger partial charge >= 0.3 is 0 Å². The minimum atomic E-state index is -3.58. The molecular formula is C12H15N3O2S. The standard InChI is InChI=1S/C12H15N3O2S/c1-3-10-6-11(5-4-9(10)2)15-18(16,17)12-7-13-8-14-12/h4-8,15H,3H2,1-2H3,(H,13,14). The lowest BCUT2D eigenvalue weighted by Crippen LogP contribution is -2.13. The van der Waals surface area contributed by atoms with E-state index in [-0.39, 0.29) is 5.03 Å². The fourth-order valence-corrected chi connectivity index (χ4v) is 2.67. The Morgan fingerprint density at radius 1 is 1.39 bits per heavy atom. The van der Waals surface area contributed by atoms with Crippen molar-refractivity contribution in [3.63, 3.8) is 0 Å². The molecule has 2 aromatic rings. The van der Waals surface area contributed by atoms with Gasteiger partial charge in [-0.05, 0) is 36.6 Å². The van der Waals surface area contributed by atoms with Crippen LogP contribution in [0.2, 0.25) is 0 Å². The zero-order valence-corrected chi connectivity index (χ0v) is 11.1. The normalized spacial score (nSPS) is 11.4. The van der Waals surface area contributed by atoms with Crippen LogP contribution < -0.4 is 4.72 Å². The average Bonchev–Trinajstić information content (AvgIpc) is 2.85. The molecule has 1 aromatic heterocycles. The second kappa shape index (κ2) is 4.81. The molecule has 2 N–H and O–H groups in total. The molecule has 0 fully saturated rings. The molecule has 5 nitrogen and oxygen atoms in total. The highest BCUT2D eigenvalue weighted by molar-refractivity contribution is 7.92. The number of aromatic amines is 1. The van der Waals surface area contributed by atoms with Crippen LogP contribution in [0, 0.1) is 6.92 Å². The van der Waals surface area contributed by atoms with Crippen LogP contribution >= 0.6 is 0 Å². The Hall–Kier alpha value is -1.82. The Labute approximate surface area is 106 Å². The van der Waals surface area contributed by atoms with Gasteiger partial charge in [-0.15, -0.1) is 0 Å². The topological polar surface area (TPSA) is 74.8 Å². The second-order valence-electron chi connectivity index (χ2n) is 4.02. The van der Waals surface area contributed by atoms with Gasteiger partial charge < -0.3 is 4.98 Å². The maximum Gasteiger partial charge on any atom is 0.278 e. The lowest BCUT2D eigenvalue weighted by molar-refractivity contribution is 0.598. The number of H-pyrrole nitrogens is 1. The van der Waals surface area contributed by atoms with Crippen LogP contribution in [0.3, 0.4) is 0 Å². The van der Waals surface area contributed by atoms with Crippen molar-refractivity contribution in [1.29, 1.82) is 0 Å². The summed E-state index contributed by atoms with van der Waals surface area (Å²) in [4.78, 5) is 6.28. The summed E-state index contributed by atoms with van der Waals surface area (Å²) in [5.41, 5.74) is 2.84. The quantitative estimate of drug-likeness (QED) is 0.888. The summed E-state index contributed by atoms with van der Waals surface area (Å²) in [5, 5.41) is 0.0566. The molecule has 0 spiro atoms. The van der Waals surface area contributed by atoms with Gasteiger partial charge in [-0.25, -0.2) is 4.98 Å². The van der Waals surface area contributed by atoms with E-state index >= 15 is 0 Å². The van der Waals surface area contributed by atoms with Crippen LogP contribution in [0.4, 0.5) is 5.69 Å². The lowest BCUT2D eigenvalue weighted by Gasteiger charge is -2.09. The molecule has 1 aromatic carbocycles. The Morgan fingerprint density at radius 3 is 2.78 bits per heavy atom. The van der Waals surface area contributed by atoms with E-state index in [0.717, 1.165) is 17.5 Å². The summed E-state index contributed by atoms with van der Waals surface area (Å²) < 4.78 is 26.5. The third kappa shape index (κ3) is 2.53. The predicted octanol–water partition coefficient (Wildman–Crippen LogP) is 2.08. The van der Waals surface area contributed by atoms with Gasteiger partial charge in [-0.1, -0.05) is 13.0 Å². The van der Waals surface area contributed by atoms with Crippen molar-refractivity contribution in [3.05, 3.63) is 41.9 Å². The second-order valence-corrected chi connectivity index (χ2v) is 5.67. The molecule has 0 atom stereocenters. The molecule has 6 heteroatoms. The maximum atomic E-state index is 12.0. The molecule has 0 aliphatic carbocycles. The van der Waals surface area contributed by atoms with Crippen molar-refractivity contribution >= 4 is 15.7 Å². The molecule has 1 heterocycles. The maximum absolute atomic E-state index is 12.0. The number of aryl methyl sites for hydroxylation is 2. The highest BCUT2D eigenvalue weighted by atomic mass is 32.2. The van der Waals surface area contributed by atoms with Gasteiger partial charge in [0.15, 0.2) is 5.03 Å². The monoisotopic (exact) mass is 265 g/mol. The van der Waals surface area contributed by atoms with E-state index in [0.29, 0.717) is 5.69 Å². The van der Waals surface area contributed by atoms with Crippen LogP contribution in [0.15, 0.2) is 35.7 Å². The number of rotatable bonds is 4. The molecule has 0 unspecified atom stereocenters. The summed E-state index contributed by atoms with van der Waals surface area (Å²) in [6, 6.07) is 5.51. The zero-order valence-electron chi connectivity index (χ0n) is 10.3. The SMILES string of the molecule is CCc1cc(NS(=O)(=O)c2cnc[nH]2)ccc1C. The number of benzene rings is 1. The Kier molecular flexibility index (Phi) is 3.38. The Balaban J connectivity index is 2.30. The number of hydrogen-bond donors (Lipinski definition) is 2. The minimum absolute atomic E-state index is 0.0566. The lowest BCUT2D eigenvalue weighted by atomic mass is 10.1. The molecule has 0 aliphatic rings. The summed E-state index contributed by atoms with van der Waals surface area (Å²) in [6.07, 6.45) is 3.48. The molecule has 18 heavy (non-hydrogen) atoms. The van der Waals surface area contributed by atoms with Gasteiger partial charge in [0.25, 0.3) is 10.0 Å². The average molecular weight is 265 g/mol. The molecule has 96 valence electrons. The smallest absolute Gasteiger partial charge is 0.278 e. The summed E-state index contributed by atoms with van der Waals surface area (Å²) in [5.74, 6) is 0. The van der Waals surface area contributed by atoms with E-state index in [1.807, 2.05) is 26.0 Å². The van der Waals surface area contributed by atoms with Crippen LogP contribution in [0.5, 0.6) is 0 Å². The van der Waals surface area contributed by atoms with Gasteiger partial charge in [0.05, 0.1) is 12.5 Å². The number of nitrogens with one attached hydrogen (secondary N) is 2. The fourth-order valence-electron chi connectivity index (χ4n) is 1.72. The van der Waals surface area contributed by atoms with Crippen molar-refractivity contribution in [1.82, 2.24) is 9.97 Å². The highest BCUT2D eigenvalue weighted by Gasteiger charge is 2.15. The fraction of sp³-hybridized carbons (Fsp3) is 0.250. The predicted molar refractivity (Wildman–Crippen MR) is 70.0 cm³/mol. The first kappa shape index (κ1) is 12.6. The summed E-state index contributed by atoms with van der Waals surface area (Å²) in [7, 11) is -3.58. The number of imidazole rings is 1. The van der Waals surface area contributed by atoms with Crippen molar-refractivity contribution in [2.24, 2.45) is 0 Å². The first-order valence-corrected chi connectivity index (χ1v) is 7.12. The van der Waals surface area contributed by atoms with Crippen molar-refractivity contribution in [2.75, 3.05) is 4.72 Å². The van der Waals surface area contributed by atoms with Gasteiger partial charge in [-0.2, -0.15) is 8.42 Å². The Morgan fingerprint density at radius 2 is 2.17 bits per heavy atom. The number of aromatic nitrogens is 2. The molecular weight excluding hydrogens is 250 g/mol. The largest absolute Gasteiger partial charge is 0.334 e. The molecule has 0 saturated carbocycles. The first-order chi connectivity index (χ1) is 8.53. The first-order valence-electron chi connectivity index (χ1n) is 5.63. The summed E-state index contributed by atoms with van der Waals surface area (Å²) in [6.45, 7) is 4.04. The minimum Gasteiger partial charge on any atom is -0.334 e. The van der Waals surface area contributed by atoms with Crippen LogP contribution in [-0.4, -0.2) is 18.4 Å². The molecule has 0 amide bonds. The number of hydrogen-bond acceptors (Lipinski definition) is 3. The number of nitrogens with zero attached hydrogens (tertiary/aromatic N) is 1. The Bertz CT molecular complexity index is 633. The van der Waals surface area contributed by atoms with E-state index in [1.54, 1.807) is 6.07 Å². The van der Waals surface area contributed by atoms with E-state index in [9.17, 15) is 8.42 Å². The van der Waals surface area contributed by atoms with E-state index in [4.69, 9.17) is 0 Å². The number of anilines is 1. The summed E-state index contributed by atoms with van der Waals surface area (Å²) >= 11 is 0. The molecule has 0 bridgehead atoms. The van der Waals surface area contributed by atoms with E-state index < -0.39 is 10.0 Å². The van der Waals surface area contributed by atoms with Gasteiger partial charge in [0, 0.05) is 5.69 Å². The molecule has 2 rings (SSSR count). The highest BCUT2D eigenvalue weighted by Crippen LogP contribution is 2.18. The third-order valence-electron chi connectivity index (χ3n) is 2.74. The third-order valence-corrected chi connectivity index (χ3v) is 4.05. The van der Waals surface area contributed by atoms with Crippen LogP contribution in [0.1, 0.15) is 18.1 Å². The molecule has 0 aliphatic heterocycles. The van der Waals surface area contributed by atoms with Gasteiger partial charge in [-0.3, -0.25) is 4.72 Å². The zero-order chi connectivity index (χ0) is 13.2. The van der Waals surface area contributed by atoms with Crippen molar-refractivity contribution < 1.29 is 8.42 Å². The van der Waals surface area contributed by atoms with E-state index in [1.165, 1.54) is 12.5 Å². The van der Waals surface area contributed by atoms with Crippen LogP contribution in [-0.2, 0) is 16.4 Å². The van der Waals surface area contributed by atoms with Crippen molar-refractivity contribution in [2.45, 2.75) is 25.3 Å². The molecule has 0 saturated heterocycles. The van der Waals surface area contributed by atoms with Crippen LogP contribution in [0.25, 0.3) is 0 Å². The van der Waals surface area contributed by atoms with E-state index in [2.05, 4.69) is 14.7 Å². The van der Waals surface area contributed by atoms with Crippen molar-refractivity contribution in [3.8, 4) is 0 Å². The number of sulfonamides is 1. The van der Waals surface area contributed by atoms with Gasteiger partial charge in [0.1, 0.15) is 0 Å². The van der Waals surface area contributed by atoms with Gasteiger partial charge in [0.2, 0.25) is 0 Å².